The average molecular weight is 255 g/mol. The minimum absolute atomic E-state index is 0.219. The van der Waals surface area contributed by atoms with Crippen LogP contribution >= 0.6 is 0 Å². The molecule has 0 saturated heterocycles. The first kappa shape index (κ1) is 12.3. The SMILES string of the molecule is COC(=O)NC1=NCC(c2cc(F)cc(F)c2)N1. The number of aliphatic imine (C=N–C) groups is 1. The Morgan fingerprint density at radius 1 is 1.44 bits per heavy atom. The monoisotopic (exact) mass is 255 g/mol. The van der Waals surface area contributed by atoms with Gasteiger partial charge in [0.05, 0.1) is 19.7 Å². The highest BCUT2D eigenvalue weighted by atomic mass is 19.1. The molecule has 2 N–H and O–H groups in total. The van der Waals surface area contributed by atoms with Gasteiger partial charge in [0.25, 0.3) is 0 Å². The van der Waals surface area contributed by atoms with E-state index in [4.69, 9.17) is 0 Å². The largest absolute Gasteiger partial charge is 0.453 e. The molecule has 1 aromatic rings. The molecule has 5 nitrogen and oxygen atoms in total. The van der Waals surface area contributed by atoms with Crippen LogP contribution in [0.25, 0.3) is 0 Å². The van der Waals surface area contributed by atoms with Gasteiger partial charge in [-0.15, -0.1) is 0 Å². The number of methoxy groups -OCH3 is 1. The Kier molecular flexibility index (Phi) is 3.40. The van der Waals surface area contributed by atoms with Crippen LogP contribution in [0.1, 0.15) is 11.6 Å². The molecule has 0 fully saturated rings. The molecule has 0 saturated carbocycles. The first-order chi connectivity index (χ1) is 8.58. The highest BCUT2D eigenvalue weighted by Gasteiger charge is 2.21. The number of carbonyl (C=O) groups is 1. The Hall–Kier alpha value is -2.18. The second kappa shape index (κ2) is 4.99. The molecule has 1 heterocycles. The Labute approximate surface area is 102 Å². The van der Waals surface area contributed by atoms with Gasteiger partial charge in [0.15, 0.2) is 0 Å². The highest BCUT2D eigenvalue weighted by molar-refractivity contribution is 5.94. The standard InChI is InChI=1S/C11H11F2N3O2/c1-18-11(17)16-10-14-5-9(15-10)6-2-7(12)4-8(13)3-6/h2-4,9H,5H2,1H3,(H2,14,15,16,17). The first-order valence-corrected chi connectivity index (χ1v) is 5.20. The van der Waals surface area contributed by atoms with Crippen molar-refractivity contribution in [3.63, 3.8) is 0 Å². The summed E-state index contributed by atoms with van der Waals surface area (Å²) in [6.07, 6.45) is -0.660. The summed E-state index contributed by atoms with van der Waals surface area (Å²) in [4.78, 5) is 14.9. The molecule has 1 amide bonds. The summed E-state index contributed by atoms with van der Waals surface area (Å²) in [6, 6.07) is 2.86. The zero-order valence-electron chi connectivity index (χ0n) is 9.54. The fourth-order valence-electron chi connectivity index (χ4n) is 1.63. The molecule has 0 spiro atoms. The van der Waals surface area contributed by atoms with Crippen LogP contribution in [0.5, 0.6) is 0 Å². The molecule has 0 bridgehead atoms. The van der Waals surface area contributed by atoms with Crippen molar-refractivity contribution in [3.05, 3.63) is 35.4 Å². The van der Waals surface area contributed by atoms with E-state index in [0.717, 1.165) is 6.07 Å². The van der Waals surface area contributed by atoms with Crippen LogP contribution in [0.2, 0.25) is 0 Å². The number of halogens is 2. The van der Waals surface area contributed by atoms with E-state index in [1.165, 1.54) is 19.2 Å². The third-order valence-electron chi connectivity index (χ3n) is 2.44. The van der Waals surface area contributed by atoms with Crippen LogP contribution in [0.4, 0.5) is 13.6 Å². The number of amides is 1. The van der Waals surface area contributed by atoms with Crippen molar-refractivity contribution in [2.45, 2.75) is 6.04 Å². The lowest BCUT2D eigenvalue weighted by molar-refractivity contribution is 0.176. The van der Waals surface area contributed by atoms with Gasteiger partial charge in [-0.2, -0.15) is 0 Å². The number of nitrogens with zero attached hydrogens (tertiary/aromatic N) is 1. The smallest absolute Gasteiger partial charge is 0.413 e. The number of guanidine groups is 1. The number of hydrogen-bond donors (Lipinski definition) is 2. The number of rotatable bonds is 1. The Bertz CT molecular complexity index is 485. The van der Waals surface area contributed by atoms with Crippen molar-refractivity contribution >= 4 is 12.1 Å². The molecule has 18 heavy (non-hydrogen) atoms. The van der Waals surface area contributed by atoms with Gasteiger partial charge in [-0.3, -0.25) is 10.3 Å². The van der Waals surface area contributed by atoms with E-state index in [1.54, 1.807) is 0 Å². The van der Waals surface area contributed by atoms with Gasteiger partial charge in [-0.1, -0.05) is 0 Å². The van der Waals surface area contributed by atoms with Crippen LogP contribution in [0.15, 0.2) is 23.2 Å². The minimum Gasteiger partial charge on any atom is -0.453 e. The predicted octanol–water partition coefficient (Wildman–Crippen LogP) is 1.32. The van der Waals surface area contributed by atoms with E-state index in [-0.39, 0.29) is 18.5 Å². The van der Waals surface area contributed by atoms with E-state index in [2.05, 4.69) is 20.4 Å². The molecule has 1 aliphatic rings. The quantitative estimate of drug-likeness (QED) is 0.795. The highest BCUT2D eigenvalue weighted by Crippen LogP contribution is 2.19. The van der Waals surface area contributed by atoms with E-state index >= 15 is 0 Å². The lowest BCUT2D eigenvalue weighted by atomic mass is 10.1. The van der Waals surface area contributed by atoms with E-state index < -0.39 is 17.7 Å². The predicted molar refractivity (Wildman–Crippen MR) is 60.1 cm³/mol. The van der Waals surface area contributed by atoms with Crippen molar-refractivity contribution in [1.82, 2.24) is 10.6 Å². The zero-order valence-corrected chi connectivity index (χ0v) is 9.54. The average Bonchev–Trinajstić information content (AvgIpc) is 2.76. The lowest BCUT2D eigenvalue weighted by Crippen LogP contribution is -2.39. The van der Waals surface area contributed by atoms with Crippen molar-refractivity contribution in [2.24, 2.45) is 4.99 Å². The molecule has 7 heteroatoms. The van der Waals surface area contributed by atoms with Crippen LogP contribution in [0.3, 0.4) is 0 Å². The fourth-order valence-corrected chi connectivity index (χ4v) is 1.63. The summed E-state index contributed by atoms with van der Waals surface area (Å²) >= 11 is 0. The number of benzene rings is 1. The minimum atomic E-state index is -0.660. The van der Waals surface area contributed by atoms with Gasteiger partial charge in [0, 0.05) is 6.07 Å². The number of hydrogen-bond acceptors (Lipinski definition) is 4. The first-order valence-electron chi connectivity index (χ1n) is 5.20. The third-order valence-corrected chi connectivity index (χ3v) is 2.44. The van der Waals surface area contributed by atoms with Gasteiger partial charge >= 0.3 is 6.09 Å². The van der Waals surface area contributed by atoms with Crippen LogP contribution in [-0.4, -0.2) is 25.7 Å². The van der Waals surface area contributed by atoms with E-state index in [9.17, 15) is 13.6 Å². The van der Waals surface area contributed by atoms with Gasteiger partial charge in [0.1, 0.15) is 11.6 Å². The number of alkyl carbamates (subject to hydrolysis) is 1. The second-order valence-electron chi connectivity index (χ2n) is 3.71. The zero-order chi connectivity index (χ0) is 13.1. The number of carbonyl (C=O) groups excluding carboxylic acids is 1. The summed E-state index contributed by atoms with van der Waals surface area (Å²) in [5, 5.41) is 5.18. The summed E-state index contributed by atoms with van der Waals surface area (Å²) in [5.41, 5.74) is 0.429. The van der Waals surface area contributed by atoms with Crippen LogP contribution < -0.4 is 10.6 Å². The van der Waals surface area contributed by atoms with Crippen molar-refractivity contribution in [3.8, 4) is 0 Å². The maximum absolute atomic E-state index is 13.0. The topological polar surface area (TPSA) is 62.7 Å². The molecule has 0 aliphatic carbocycles. The third kappa shape index (κ3) is 2.73. The van der Waals surface area contributed by atoms with Crippen LogP contribution in [0, 0.1) is 11.6 Å². The Balaban J connectivity index is 2.04. The summed E-state index contributed by atoms with van der Waals surface area (Å²) in [6.45, 7) is 0.280. The van der Waals surface area contributed by atoms with Crippen molar-refractivity contribution in [2.75, 3.05) is 13.7 Å². The molecule has 1 aromatic carbocycles. The van der Waals surface area contributed by atoms with Gasteiger partial charge in [-0.25, -0.2) is 13.6 Å². The molecular formula is C11H11F2N3O2. The summed E-state index contributed by atoms with van der Waals surface area (Å²) < 4.78 is 30.5. The molecule has 1 unspecified atom stereocenters. The van der Waals surface area contributed by atoms with E-state index in [1.807, 2.05) is 0 Å². The Morgan fingerprint density at radius 3 is 2.72 bits per heavy atom. The van der Waals surface area contributed by atoms with E-state index in [0.29, 0.717) is 5.56 Å². The lowest BCUT2D eigenvalue weighted by Gasteiger charge is -2.12. The van der Waals surface area contributed by atoms with Gasteiger partial charge in [0.2, 0.25) is 5.96 Å². The van der Waals surface area contributed by atoms with Crippen molar-refractivity contribution in [1.29, 1.82) is 0 Å². The normalized spacial score (nSPS) is 17.9. The molecule has 1 aliphatic heterocycles. The summed E-state index contributed by atoms with van der Waals surface area (Å²) in [5.74, 6) is -1.08. The molecule has 1 atom stereocenters. The number of ether oxygens (including phenoxy) is 1. The fraction of sp³-hybridized carbons (Fsp3) is 0.273. The van der Waals surface area contributed by atoms with Crippen LogP contribution in [-0.2, 0) is 4.74 Å². The van der Waals surface area contributed by atoms with Gasteiger partial charge in [-0.05, 0) is 17.7 Å². The number of nitrogens with one attached hydrogen (secondary N) is 2. The molecule has 0 radical (unpaired) electrons. The maximum atomic E-state index is 13.0. The second-order valence-corrected chi connectivity index (χ2v) is 3.71. The van der Waals surface area contributed by atoms with Crippen molar-refractivity contribution < 1.29 is 18.3 Å². The maximum Gasteiger partial charge on any atom is 0.413 e. The Morgan fingerprint density at radius 2 is 2.11 bits per heavy atom. The molecule has 0 aromatic heterocycles. The molecular weight excluding hydrogens is 244 g/mol. The van der Waals surface area contributed by atoms with Gasteiger partial charge < -0.3 is 10.1 Å². The summed E-state index contributed by atoms with van der Waals surface area (Å²) in [7, 11) is 1.23. The molecule has 96 valence electrons. The molecule has 2 rings (SSSR count).